The number of nitrogen functional groups attached to an aromatic ring is 1. The number of anilines is 1. The van der Waals surface area contributed by atoms with Crippen LogP contribution in [0.15, 0.2) is 23.1 Å². The lowest BCUT2D eigenvalue weighted by molar-refractivity contribution is -0.118. The molecule has 8 heteroatoms. The van der Waals surface area contributed by atoms with Crippen LogP contribution in [-0.4, -0.2) is 38.3 Å². The Kier molecular flexibility index (Phi) is 4.96. The topological polar surface area (TPSA) is 116 Å². The number of benzene rings is 1. The predicted octanol–water partition coefficient (Wildman–Crippen LogP) is 0.162. The number of amides is 1. The lowest BCUT2D eigenvalue weighted by atomic mass is 10.3. The van der Waals surface area contributed by atoms with Gasteiger partial charge >= 0.3 is 0 Å². The van der Waals surface area contributed by atoms with Crippen molar-refractivity contribution in [2.45, 2.75) is 24.8 Å². The lowest BCUT2D eigenvalue weighted by Crippen LogP contribution is -2.42. The Morgan fingerprint density at radius 3 is 2.40 bits per heavy atom. The number of rotatable bonds is 6. The van der Waals surface area contributed by atoms with Crippen molar-refractivity contribution in [1.29, 1.82) is 0 Å². The molecule has 0 unspecified atom stereocenters. The summed E-state index contributed by atoms with van der Waals surface area (Å²) in [5, 5.41) is 0. The average molecular weight is 301 g/mol. The van der Waals surface area contributed by atoms with Gasteiger partial charge in [0.25, 0.3) is 0 Å². The second kappa shape index (κ2) is 6.10. The van der Waals surface area contributed by atoms with Gasteiger partial charge in [0.15, 0.2) is 0 Å². The van der Waals surface area contributed by atoms with E-state index in [2.05, 4.69) is 0 Å². The summed E-state index contributed by atoms with van der Waals surface area (Å²) in [4.78, 5) is 11.0. The summed E-state index contributed by atoms with van der Waals surface area (Å²) in [5.74, 6) is -0.276. The van der Waals surface area contributed by atoms with Crippen molar-refractivity contribution in [2.75, 3.05) is 19.4 Å². The summed E-state index contributed by atoms with van der Waals surface area (Å²) < 4.78 is 31.0. The smallest absolute Gasteiger partial charge is 0.245 e. The van der Waals surface area contributed by atoms with Crippen LogP contribution in [0.25, 0.3) is 0 Å². The number of ether oxygens (including phenoxy) is 1. The van der Waals surface area contributed by atoms with Crippen molar-refractivity contribution < 1.29 is 17.9 Å². The number of carbonyl (C=O) groups excluding carboxylic acids is 1. The van der Waals surface area contributed by atoms with Crippen molar-refractivity contribution >= 4 is 21.6 Å². The minimum atomic E-state index is -3.90. The number of hydrogen-bond donors (Lipinski definition) is 2. The van der Waals surface area contributed by atoms with Gasteiger partial charge < -0.3 is 16.2 Å². The van der Waals surface area contributed by atoms with Gasteiger partial charge in [0.2, 0.25) is 15.9 Å². The predicted molar refractivity (Wildman–Crippen MR) is 75.6 cm³/mol. The molecule has 0 saturated heterocycles. The Morgan fingerprint density at radius 1 is 1.40 bits per heavy atom. The standard InChI is InChI=1S/C12H19N3O4S/c1-8(2)15(7-12(14)16)20(17,18)11-5-4-9(19-3)6-10(11)13/h4-6,8H,7,13H2,1-3H3,(H2,14,16). The van der Waals surface area contributed by atoms with E-state index < -0.39 is 28.5 Å². The summed E-state index contributed by atoms with van der Waals surface area (Å²) in [6.45, 7) is 2.91. The van der Waals surface area contributed by atoms with Crippen molar-refractivity contribution in [2.24, 2.45) is 5.73 Å². The maximum absolute atomic E-state index is 12.5. The minimum absolute atomic E-state index is 0.0551. The number of primary amides is 1. The first-order valence-electron chi connectivity index (χ1n) is 5.93. The number of carbonyl (C=O) groups is 1. The van der Waals surface area contributed by atoms with Gasteiger partial charge in [-0.2, -0.15) is 4.31 Å². The molecule has 20 heavy (non-hydrogen) atoms. The van der Waals surface area contributed by atoms with Gasteiger partial charge in [0, 0.05) is 12.1 Å². The van der Waals surface area contributed by atoms with E-state index in [1.807, 2.05) is 0 Å². The zero-order chi connectivity index (χ0) is 15.5. The Hall–Kier alpha value is -1.80. The van der Waals surface area contributed by atoms with Crippen LogP contribution in [0, 0.1) is 0 Å². The largest absolute Gasteiger partial charge is 0.497 e. The summed E-state index contributed by atoms with van der Waals surface area (Å²) in [6, 6.07) is 3.83. The molecule has 0 atom stereocenters. The van der Waals surface area contributed by atoms with E-state index in [9.17, 15) is 13.2 Å². The Balaban J connectivity index is 3.29. The summed E-state index contributed by atoms with van der Waals surface area (Å²) >= 11 is 0. The van der Waals surface area contributed by atoms with E-state index in [0.29, 0.717) is 5.75 Å². The van der Waals surface area contributed by atoms with Crippen LogP contribution in [-0.2, 0) is 14.8 Å². The van der Waals surface area contributed by atoms with Crippen LogP contribution >= 0.6 is 0 Å². The molecular weight excluding hydrogens is 282 g/mol. The van der Waals surface area contributed by atoms with Gasteiger partial charge in [-0.1, -0.05) is 0 Å². The van der Waals surface area contributed by atoms with Crippen LogP contribution in [0.2, 0.25) is 0 Å². The fraction of sp³-hybridized carbons (Fsp3) is 0.417. The molecule has 0 spiro atoms. The monoisotopic (exact) mass is 301 g/mol. The van der Waals surface area contributed by atoms with E-state index in [0.717, 1.165) is 4.31 Å². The molecule has 0 radical (unpaired) electrons. The number of hydrogen-bond acceptors (Lipinski definition) is 5. The maximum atomic E-state index is 12.5. The Morgan fingerprint density at radius 2 is 2.00 bits per heavy atom. The molecule has 0 aliphatic rings. The zero-order valence-electron chi connectivity index (χ0n) is 11.7. The van der Waals surface area contributed by atoms with E-state index in [-0.39, 0.29) is 10.6 Å². The second-order valence-corrected chi connectivity index (χ2v) is 6.37. The molecule has 0 saturated carbocycles. The molecule has 0 fully saturated rings. The average Bonchev–Trinajstić information content (AvgIpc) is 2.34. The van der Waals surface area contributed by atoms with Crippen molar-refractivity contribution in [3.8, 4) is 5.75 Å². The highest BCUT2D eigenvalue weighted by Gasteiger charge is 2.30. The third kappa shape index (κ3) is 3.40. The molecule has 4 N–H and O–H groups in total. The van der Waals surface area contributed by atoms with E-state index >= 15 is 0 Å². The van der Waals surface area contributed by atoms with Gasteiger partial charge in [0.1, 0.15) is 10.6 Å². The van der Waals surface area contributed by atoms with E-state index in [4.69, 9.17) is 16.2 Å². The molecule has 1 rings (SSSR count). The number of sulfonamides is 1. The molecule has 112 valence electrons. The molecule has 1 aromatic carbocycles. The van der Waals surface area contributed by atoms with Gasteiger partial charge in [0.05, 0.1) is 19.3 Å². The highest BCUT2D eigenvalue weighted by Crippen LogP contribution is 2.27. The molecule has 0 aliphatic carbocycles. The first-order chi connectivity index (χ1) is 9.20. The fourth-order valence-corrected chi connectivity index (χ4v) is 3.42. The summed E-state index contributed by atoms with van der Waals surface area (Å²) in [6.07, 6.45) is 0. The van der Waals surface area contributed by atoms with Gasteiger partial charge in [-0.15, -0.1) is 0 Å². The van der Waals surface area contributed by atoms with Crippen molar-refractivity contribution in [3.05, 3.63) is 18.2 Å². The van der Waals surface area contributed by atoms with Crippen molar-refractivity contribution in [3.63, 3.8) is 0 Å². The molecule has 1 amide bonds. The quantitative estimate of drug-likeness (QED) is 0.726. The van der Waals surface area contributed by atoms with Gasteiger partial charge in [-0.25, -0.2) is 8.42 Å². The van der Waals surface area contributed by atoms with Crippen LogP contribution in [0.5, 0.6) is 5.75 Å². The lowest BCUT2D eigenvalue weighted by Gasteiger charge is -2.25. The first kappa shape index (κ1) is 16.3. The highest BCUT2D eigenvalue weighted by molar-refractivity contribution is 7.89. The van der Waals surface area contributed by atoms with E-state index in [1.54, 1.807) is 13.8 Å². The Labute approximate surface area is 118 Å². The second-order valence-electron chi connectivity index (χ2n) is 4.51. The Bertz CT molecular complexity index is 599. The van der Waals surface area contributed by atoms with E-state index in [1.165, 1.54) is 25.3 Å². The maximum Gasteiger partial charge on any atom is 0.245 e. The third-order valence-corrected chi connectivity index (χ3v) is 4.79. The normalized spacial score (nSPS) is 11.8. The third-order valence-electron chi connectivity index (χ3n) is 2.69. The fourth-order valence-electron chi connectivity index (χ4n) is 1.71. The summed E-state index contributed by atoms with van der Waals surface area (Å²) in [5.41, 5.74) is 10.9. The first-order valence-corrected chi connectivity index (χ1v) is 7.37. The number of nitrogens with zero attached hydrogens (tertiary/aromatic N) is 1. The molecule has 1 aromatic rings. The molecule has 0 aromatic heterocycles. The van der Waals surface area contributed by atoms with Crippen LogP contribution < -0.4 is 16.2 Å². The number of methoxy groups -OCH3 is 1. The number of nitrogens with two attached hydrogens (primary N) is 2. The van der Waals surface area contributed by atoms with Crippen molar-refractivity contribution in [1.82, 2.24) is 4.31 Å². The summed E-state index contributed by atoms with van der Waals surface area (Å²) in [7, 11) is -2.44. The molecule has 7 nitrogen and oxygen atoms in total. The van der Waals surface area contributed by atoms with Gasteiger partial charge in [-0.3, -0.25) is 4.79 Å². The molecular formula is C12H19N3O4S. The van der Waals surface area contributed by atoms with Crippen LogP contribution in [0.3, 0.4) is 0 Å². The SMILES string of the molecule is COc1ccc(S(=O)(=O)N(CC(N)=O)C(C)C)c(N)c1. The van der Waals surface area contributed by atoms with Crippen LogP contribution in [0.4, 0.5) is 5.69 Å². The van der Waals surface area contributed by atoms with Gasteiger partial charge in [-0.05, 0) is 26.0 Å². The minimum Gasteiger partial charge on any atom is -0.497 e. The molecule has 0 heterocycles. The zero-order valence-corrected chi connectivity index (χ0v) is 12.5. The van der Waals surface area contributed by atoms with Crippen LogP contribution in [0.1, 0.15) is 13.8 Å². The molecule has 0 aliphatic heterocycles. The molecule has 0 bridgehead atoms. The highest BCUT2D eigenvalue weighted by atomic mass is 32.2.